The minimum atomic E-state index is 0.388. The molecule has 69 valence electrons. The predicted octanol–water partition coefficient (Wildman–Crippen LogP) is -0.574. The van der Waals surface area contributed by atoms with Crippen molar-refractivity contribution in [1.29, 1.82) is 0 Å². The molecule has 12 heavy (non-hydrogen) atoms. The average Bonchev–Trinajstić information content (AvgIpc) is 2.21. The number of hydrogen-bond acceptors (Lipinski definition) is 4. The molecule has 2 fully saturated rings. The summed E-state index contributed by atoms with van der Waals surface area (Å²) in [4.78, 5) is 2.34. The number of rotatable bonds is 1. The Morgan fingerprint density at radius 1 is 1.42 bits per heavy atom. The second-order valence-electron chi connectivity index (χ2n) is 3.08. The van der Waals surface area contributed by atoms with E-state index in [1.807, 2.05) is 6.61 Å². The van der Waals surface area contributed by atoms with Crippen molar-refractivity contribution in [3.63, 3.8) is 0 Å². The fourth-order valence-electron chi connectivity index (χ4n) is 1.56. The third-order valence-corrected chi connectivity index (χ3v) is 2.27. The van der Waals surface area contributed by atoms with Crippen LogP contribution in [0, 0.1) is 6.61 Å². The fraction of sp³-hybridized carbons (Fsp3) is 0.875. The van der Waals surface area contributed by atoms with E-state index >= 15 is 0 Å². The Morgan fingerprint density at radius 3 is 3.08 bits per heavy atom. The van der Waals surface area contributed by atoms with Crippen molar-refractivity contribution in [2.24, 2.45) is 0 Å². The second kappa shape index (κ2) is 4.18. The average molecular weight is 171 g/mol. The summed E-state index contributed by atoms with van der Waals surface area (Å²) in [5, 5.41) is 3.41. The van der Waals surface area contributed by atoms with Crippen LogP contribution in [0.25, 0.3) is 0 Å². The van der Waals surface area contributed by atoms with Gasteiger partial charge in [0, 0.05) is 19.6 Å². The molecule has 4 heteroatoms. The van der Waals surface area contributed by atoms with E-state index in [0.29, 0.717) is 6.17 Å². The second-order valence-corrected chi connectivity index (χ2v) is 3.08. The molecule has 2 aliphatic heterocycles. The maximum atomic E-state index is 5.38. The van der Waals surface area contributed by atoms with Crippen LogP contribution < -0.4 is 5.32 Å². The lowest BCUT2D eigenvalue weighted by atomic mass is 10.3. The minimum absolute atomic E-state index is 0.388. The molecule has 0 aliphatic carbocycles. The summed E-state index contributed by atoms with van der Waals surface area (Å²) in [6.45, 7) is 7.16. The Kier molecular flexibility index (Phi) is 2.94. The first kappa shape index (κ1) is 8.44. The highest BCUT2D eigenvalue weighted by Gasteiger charge is 2.22. The lowest BCUT2D eigenvalue weighted by Gasteiger charge is -2.36. The number of nitrogens with one attached hydrogen (secondary N) is 1. The highest BCUT2D eigenvalue weighted by Crippen LogP contribution is 2.06. The van der Waals surface area contributed by atoms with Gasteiger partial charge in [-0.1, -0.05) is 0 Å². The van der Waals surface area contributed by atoms with Crippen molar-refractivity contribution in [2.75, 3.05) is 39.5 Å². The zero-order chi connectivity index (χ0) is 8.23. The first-order chi connectivity index (χ1) is 5.97. The van der Waals surface area contributed by atoms with Crippen LogP contribution in [-0.2, 0) is 9.47 Å². The van der Waals surface area contributed by atoms with Crippen LogP contribution in [0.3, 0.4) is 0 Å². The summed E-state index contributed by atoms with van der Waals surface area (Å²) in [5.74, 6) is 0. The topological polar surface area (TPSA) is 33.7 Å². The van der Waals surface area contributed by atoms with Gasteiger partial charge >= 0.3 is 0 Å². The molecule has 2 heterocycles. The summed E-state index contributed by atoms with van der Waals surface area (Å²) in [6.07, 6.45) is 0.388. The zero-order valence-electron chi connectivity index (χ0n) is 7.16. The van der Waals surface area contributed by atoms with Gasteiger partial charge in [-0.3, -0.25) is 10.2 Å². The van der Waals surface area contributed by atoms with E-state index in [1.54, 1.807) is 0 Å². The standard InChI is InChI=1S/C8H15N2O2/c1-4-12-7-8(9-1)10-2-5-11-6-3-10/h5,8-9H,1-4,6-7H2. The van der Waals surface area contributed by atoms with Gasteiger partial charge in [0.1, 0.15) is 0 Å². The highest BCUT2D eigenvalue weighted by molar-refractivity contribution is 4.77. The quantitative estimate of drug-likeness (QED) is 0.572. The molecule has 0 amide bonds. The number of nitrogens with zero attached hydrogens (tertiary/aromatic N) is 1. The predicted molar refractivity (Wildman–Crippen MR) is 44.4 cm³/mol. The Hall–Kier alpha value is -0.160. The molecule has 0 spiro atoms. The molecule has 4 nitrogen and oxygen atoms in total. The molecule has 2 aliphatic rings. The summed E-state index contributed by atoms with van der Waals surface area (Å²) in [7, 11) is 0. The molecule has 1 radical (unpaired) electrons. The number of ether oxygens (including phenoxy) is 2. The van der Waals surface area contributed by atoms with Gasteiger partial charge in [0.2, 0.25) is 0 Å². The molecule has 1 N–H and O–H groups in total. The van der Waals surface area contributed by atoms with Crippen LogP contribution in [0.4, 0.5) is 0 Å². The van der Waals surface area contributed by atoms with E-state index in [1.165, 1.54) is 0 Å². The molecule has 0 aromatic carbocycles. The Morgan fingerprint density at radius 2 is 2.42 bits per heavy atom. The molecular formula is C8H15N2O2. The van der Waals surface area contributed by atoms with Crippen molar-refractivity contribution >= 4 is 0 Å². The third kappa shape index (κ3) is 1.95. The Balaban J connectivity index is 1.80. The smallest absolute Gasteiger partial charge is 0.0977 e. The fourth-order valence-corrected chi connectivity index (χ4v) is 1.56. The van der Waals surface area contributed by atoms with Gasteiger partial charge in [-0.15, -0.1) is 0 Å². The van der Waals surface area contributed by atoms with Gasteiger partial charge < -0.3 is 9.47 Å². The Labute approximate surface area is 72.8 Å². The van der Waals surface area contributed by atoms with Gasteiger partial charge in [-0.2, -0.15) is 0 Å². The summed E-state index contributed by atoms with van der Waals surface area (Å²) >= 11 is 0. The molecule has 1 unspecified atom stereocenters. The van der Waals surface area contributed by atoms with Crippen LogP contribution in [-0.4, -0.2) is 50.5 Å². The third-order valence-electron chi connectivity index (χ3n) is 2.27. The summed E-state index contributed by atoms with van der Waals surface area (Å²) in [5.41, 5.74) is 0. The van der Waals surface area contributed by atoms with Crippen molar-refractivity contribution in [3.05, 3.63) is 6.61 Å². The summed E-state index contributed by atoms with van der Waals surface area (Å²) < 4.78 is 10.5. The molecule has 0 aromatic rings. The minimum Gasteiger partial charge on any atom is -0.377 e. The van der Waals surface area contributed by atoms with E-state index in [4.69, 9.17) is 9.47 Å². The van der Waals surface area contributed by atoms with E-state index in [2.05, 4.69) is 10.2 Å². The first-order valence-corrected chi connectivity index (χ1v) is 4.45. The van der Waals surface area contributed by atoms with Gasteiger partial charge in [-0.05, 0) is 0 Å². The molecule has 2 rings (SSSR count). The molecule has 0 aromatic heterocycles. The lowest BCUT2D eigenvalue weighted by molar-refractivity contribution is -0.0202. The largest absolute Gasteiger partial charge is 0.377 e. The number of morpholine rings is 2. The van der Waals surface area contributed by atoms with Gasteiger partial charge in [0.15, 0.2) is 0 Å². The normalized spacial score (nSPS) is 33.5. The monoisotopic (exact) mass is 171 g/mol. The SMILES string of the molecule is [CH]1CN(C2COCCN2)CCO1. The van der Waals surface area contributed by atoms with Crippen LogP contribution in [0.1, 0.15) is 0 Å². The van der Waals surface area contributed by atoms with Gasteiger partial charge in [0.05, 0.1) is 32.6 Å². The van der Waals surface area contributed by atoms with Crippen LogP contribution in [0.15, 0.2) is 0 Å². The van der Waals surface area contributed by atoms with Crippen molar-refractivity contribution in [3.8, 4) is 0 Å². The van der Waals surface area contributed by atoms with Gasteiger partial charge in [-0.25, -0.2) is 0 Å². The lowest BCUT2D eigenvalue weighted by Crippen LogP contribution is -2.55. The van der Waals surface area contributed by atoms with Crippen molar-refractivity contribution in [2.45, 2.75) is 6.17 Å². The van der Waals surface area contributed by atoms with Gasteiger partial charge in [0.25, 0.3) is 0 Å². The maximum absolute atomic E-state index is 5.38. The van der Waals surface area contributed by atoms with Crippen LogP contribution in [0.2, 0.25) is 0 Å². The molecule has 0 saturated carbocycles. The molecule has 0 bridgehead atoms. The van der Waals surface area contributed by atoms with E-state index < -0.39 is 0 Å². The van der Waals surface area contributed by atoms with Crippen LogP contribution in [0.5, 0.6) is 0 Å². The zero-order valence-corrected chi connectivity index (χ0v) is 7.16. The van der Waals surface area contributed by atoms with E-state index in [9.17, 15) is 0 Å². The van der Waals surface area contributed by atoms with E-state index in [-0.39, 0.29) is 0 Å². The van der Waals surface area contributed by atoms with Crippen LogP contribution >= 0.6 is 0 Å². The van der Waals surface area contributed by atoms with E-state index in [0.717, 1.165) is 39.5 Å². The Bertz CT molecular complexity index is 115. The summed E-state index contributed by atoms with van der Waals surface area (Å²) in [6, 6.07) is 0. The maximum Gasteiger partial charge on any atom is 0.0977 e. The number of hydrogen-bond donors (Lipinski definition) is 1. The first-order valence-electron chi connectivity index (χ1n) is 4.45. The highest BCUT2D eigenvalue weighted by atomic mass is 16.5. The molecule has 1 atom stereocenters. The van der Waals surface area contributed by atoms with Crippen molar-refractivity contribution < 1.29 is 9.47 Å². The molecular weight excluding hydrogens is 156 g/mol. The van der Waals surface area contributed by atoms with Crippen molar-refractivity contribution in [1.82, 2.24) is 10.2 Å². The molecule has 2 saturated heterocycles.